The van der Waals surface area contributed by atoms with Gasteiger partial charge in [0.1, 0.15) is 0 Å². The normalized spacial score (nSPS) is 25.7. The summed E-state index contributed by atoms with van der Waals surface area (Å²) in [7, 11) is 0. The van der Waals surface area contributed by atoms with Gasteiger partial charge in [0.15, 0.2) is 5.82 Å². The highest BCUT2D eigenvalue weighted by atomic mass is 32.1. The van der Waals surface area contributed by atoms with Crippen LogP contribution in [0.3, 0.4) is 0 Å². The average molecular weight is 439 g/mol. The maximum Gasteiger partial charge on any atom is 0.233 e. The molecule has 7 nitrogen and oxygen atoms in total. The van der Waals surface area contributed by atoms with Crippen molar-refractivity contribution >= 4 is 39.3 Å². The number of benzene rings is 1. The molecule has 0 spiro atoms. The number of fused-ring (bicyclic) bond motifs is 2. The van der Waals surface area contributed by atoms with Crippen LogP contribution in [-0.2, 0) is 9.59 Å². The molecule has 2 fully saturated rings. The number of hydrogen-bond donors (Lipinski definition) is 1. The van der Waals surface area contributed by atoms with Crippen molar-refractivity contribution < 1.29 is 14.7 Å². The zero-order valence-corrected chi connectivity index (χ0v) is 18.1. The molecule has 8 heteroatoms. The van der Waals surface area contributed by atoms with Crippen LogP contribution < -0.4 is 4.90 Å². The minimum Gasteiger partial charge on any atom is -0.393 e. The van der Waals surface area contributed by atoms with Gasteiger partial charge in [-0.1, -0.05) is 12.1 Å². The molecule has 1 saturated heterocycles. The lowest BCUT2D eigenvalue weighted by atomic mass is 9.80. The number of rotatable bonds is 6. The van der Waals surface area contributed by atoms with E-state index in [-0.39, 0.29) is 23.7 Å². The summed E-state index contributed by atoms with van der Waals surface area (Å²) >= 11 is 1.50. The van der Waals surface area contributed by atoms with Gasteiger partial charge in [0.05, 0.1) is 22.6 Å². The Balaban J connectivity index is 1.11. The molecule has 2 aliphatic heterocycles. The smallest absolute Gasteiger partial charge is 0.233 e. The van der Waals surface area contributed by atoms with E-state index >= 15 is 0 Å². The van der Waals surface area contributed by atoms with Crippen LogP contribution in [0.1, 0.15) is 32.1 Å². The van der Waals surface area contributed by atoms with Crippen molar-refractivity contribution in [1.82, 2.24) is 14.2 Å². The molecule has 31 heavy (non-hydrogen) atoms. The second-order valence-electron chi connectivity index (χ2n) is 8.46. The Hall–Kier alpha value is -2.71. The first kappa shape index (κ1) is 20.2. The summed E-state index contributed by atoms with van der Waals surface area (Å²) in [5.41, 5.74) is 0. The van der Waals surface area contributed by atoms with E-state index in [4.69, 9.17) is 0 Å². The molecule has 162 valence electrons. The fourth-order valence-electron chi connectivity index (χ4n) is 4.77. The lowest BCUT2D eigenvalue weighted by molar-refractivity contribution is -0.140. The summed E-state index contributed by atoms with van der Waals surface area (Å²) in [5, 5.41) is 11.0. The molecule has 0 bridgehead atoms. The summed E-state index contributed by atoms with van der Waals surface area (Å²) in [6.45, 7) is 1.29. The van der Waals surface area contributed by atoms with E-state index in [2.05, 4.69) is 21.4 Å². The molecular weight excluding hydrogens is 412 g/mol. The molecule has 1 saturated carbocycles. The van der Waals surface area contributed by atoms with Crippen LogP contribution in [0, 0.1) is 11.8 Å². The molecule has 2 unspecified atom stereocenters. The Labute approximate surface area is 185 Å². The van der Waals surface area contributed by atoms with Gasteiger partial charge in [-0.05, 0) is 55.8 Å². The Morgan fingerprint density at radius 2 is 1.71 bits per heavy atom. The van der Waals surface area contributed by atoms with Crippen molar-refractivity contribution in [2.75, 3.05) is 18.0 Å². The minimum atomic E-state index is -0.447. The molecule has 3 aliphatic rings. The van der Waals surface area contributed by atoms with Gasteiger partial charge in [-0.25, -0.2) is 0 Å². The topological polar surface area (TPSA) is 77.0 Å². The van der Waals surface area contributed by atoms with Crippen molar-refractivity contribution in [3.05, 3.63) is 49.1 Å². The number of aromatic nitrogens is 1. The number of aliphatic hydroxyl groups excluding tert-OH is 1. The summed E-state index contributed by atoms with van der Waals surface area (Å²) in [6, 6.07) is 8.21. The molecule has 2 aromatic rings. The molecule has 1 aromatic heterocycles. The molecular formula is C23H26N4O3S. The van der Waals surface area contributed by atoms with Gasteiger partial charge in [0.25, 0.3) is 0 Å². The minimum absolute atomic E-state index is 0.0363. The van der Waals surface area contributed by atoms with E-state index < -0.39 is 6.10 Å². The van der Waals surface area contributed by atoms with Gasteiger partial charge in [-0.3, -0.25) is 14.5 Å². The number of aliphatic hydroxyl groups is 1. The fraction of sp³-hybridized carbons (Fsp3) is 0.435. The highest BCUT2D eigenvalue weighted by Crippen LogP contribution is 2.38. The third kappa shape index (κ3) is 3.85. The van der Waals surface area contributed by atoms with Crippen molar-refractivity contribution in [2.45, 2.75) is 38.2 Å². The summed E-state index contributed by atoms with van der Waals surface area (Å²) < 4.78 is 5.74. The van der Waals surface area contributed by atoms with Crippen molar-refractivity contribution in [2.24, 2.45) is 11.8 Å². The van der Waals surface area contributed by atoms with E-state index in [9.17, 15) is 14.7 Å². The predicted octanol–water partition coefficient (Wildman–Crippen LogP) is 3.29. The number of imide groups is 1. The monoisotopic (exact) mass is 438 g/mol. The molecule has 1 aromatic carbocycles. The number of likely N-dealkylation sites (tertiary alicyclic amines) is 1. The predicted molar refractivity (Wildman–Crippen MR) is 120 cm³/mol. The number of unbranched alkanes of at least 4 members (excludes halogenated alkanes) is 1. The van der Waals surface area contributed by atoms with E-state index in [0.29, 0.717) is 25.8 Å². The lowest BCUT2D eigenvalue weighted by Gasteiger charge is -2.24. The molecule has 2 amide bonds. The molecule has 3 atom stereocenters. The van der Waals surface area contributed by atoms with Crippen LogP contribution in [-0.4, -0.2) is 50.3 Å². The molecule has 3 heterocycles. The standard InChI is InChI=1S/C23H26N4O3S/c28-16-7-8-17-19(15-16)23(30)27(22(17)29)10-4-3-9-25-11-13-26(14-12-25)21-18-5-1-2-6-20(18)31-24-21/h1-2,5-6,11-14,16-17,19,28H,3-4,7-10,15H2/t16-,17?,19?/m0/s1. The van der Waals surface area contributed by atoms with Gasteiger partial charge in [-0.15, -0.1) is 0 Å². The number of anilines is 1. The molecule has 1 aliphatic carbocycles. The number of hydrogen-bond acceptors (Lipinski definition) is 7. The van der Waals surface area contributed by atoms with Crippen LogP contribution in [0.4, 0.5) is 5.82 Å². The van der Waals surface area contributed by atoms with E-state index in [1.54, 1.807) is 0 Å². The zero-order valence-electron chi connectivity index (χ0n) is 17.3. The average Bonchev–Trinajstić information content (AvgIpc) is 3.32. The third-order valence-electron chi connectivity index (χ3n) is 6.48. The number of carbonyl (C=O) groups excluding carboxylic acids is 2. The van der Waals surface area contributed by atoms with Crippen molar-refractivity contribution in [3.63, 3.8) is 0 Å². The van der Waals surface area contributed by atoms with Gasteiger partial charge in [-0.2, -0.15) is 4.37 Å². The van der Waals surface area contributed by atoms with Crippen LogP contribution in [0.25, 0.3) is 10.1 Å². The molecule has 1 N–H and O–H groups in total. The fourth-order valence-corrected chi connectivity index (χ4v) is 5.55. The maximum atomic E-state index is 12.6. The lowest BCUT2D eigenvalue weighted by Crippen LogP contribution is -2.32. The van der Waals surface area contributed by atoms with Gasteiger partial charge < -0.3 is 14.9 Å². The molecule has 0 radical (unpaired) electrons. The Morgan fingerprint density at radius 3 is 2.55 bits per heavy atom. The Bertz CT molecular complexity index is 1030. The third-order valence-corrected chi connectivity index (χ3v) is 7.29. The van der Waals surface area contributed by atoms with E-state index in [0.717, 1.165) is 30.6 Å². The first-order chi connectivity index (χ1) is 15.1. The van der Waals surface area contributed by atoms with E-state index in [1.165, 1.54) is 21.1 Å². The maximum absolute atomic E-state index is 12.6. The van der Waals surface area contributed by atoms with Crippen LogP contribution >= 0.6 is 11.5 Å². The van der Waals surface area contributed by atoms with Gasteiger partial charge in [0, 0.05) is 43.3 Å². The van der Waals surface area contributed by atoms with Gasteiger partial charge >= 0.3 is 0 Å². The van der Waals surface area contributed by atoms with Crippen LogP contribution in [0.15, 0.2) is 49.1 Å². The van der Waals surface area contributed by atoms with Crippen LogP contribution in [0.2, 0.25) is 0 Å². The number of carbonyl (C=O) groups is 2. The Kier molecular flexibility index (Phi) is 5.50. The van der Waals surface area contributed by atoms with E-state index in [1.807, 2.05) is 41.8 Å². The second kappa shape index (κ2) is 8.43. The van der Waals surface area contributed by atoms with Crippen molar-refractivity contribution in [3.8, 4) is 0 Å². The molecule has 5 rings (SSSR count). The number of amides is 2. The zero-order chi connectivity index (χ0) is 21.4. The van der Waals surface area contributed by atoms with Gasteiger partial charge in [0.2, 0.25) is 11.8 Å². The summed E-state index contributed by atoms with van der Waals surface area (Å²) in [4.78, 5) is 30.7. The second-order valence-corrected chi connectivity index (χ2v) is 9.26. The number of nitrogens with zero attached hydrogens (tertiary/aromatic N) is 4. The first-order valence-electron chi connectivity index (χ1n) is 10.9. The Morgan fingerprint density at radius 1 is 0.968 bits per heavy atom. The SMILES string of the molecule is O=C1C2CC[C@H](O)CC2C(=O)N1CCCCN1C=CN(c2nsc3ccccc23)C=C1. The quantitative estimate of drug-likeness (QED) is 0.551. The summed E-state index contributed by atoms with van der Waals surface area (Å²) in [6.07, 6.45) is 10.9. The first-order valence-corrected chi connectivity index (χ1v) is 11.7. The summed E-state index contributed by atoms with van der Waals surface area (Å²) in [5.74, 6) is 0.294. The highest BCUT2D eigenvalue weighted by Gasteiger charge is 2.49. The van der Waals surface area contributed by atoms with Crippen LogP contribution in [0.5, 0.6) is 0 Å². The largest absolute Gasteiger partial charge is 0.393 e. The highest BCUT2D eigenvalue weighted by molar-refractivity contribution is 7.13. The van der Waals surface area contributed by atoms with Crippen molar-refractivity contribution in [1.29, 1.82) is 0 Å².